The number of furan rings is 1. The molecule has 0 saturated heterocycles. The summed E-state index contributed by atoms with van der Waals surface area (Å²) in [5.74, 6) is 0.190. The second-order valence-corrected chi connectivity index (χ2v) is 4.50. The van der Waals surface area contributed by atoms with Crippen LogP contribution in [0.1, 0.15) is 23.0 Å². The van der Waals surface area contributed by atoms with Gasteiger partial charge in [-0.1, -0.05) is 18.2 Å². The molecule has 0 saturated carbocycles. The van der Waals surface area contributed by atoms with E-state index < -0.39 is 0 Å². The third-order valence-corrected chi connectivity index (χ3v) is 3.03. The van der Waals surface area contributed by atoms with E-state index in [2.05, 4.69) is 10.6 Å². The monoisotopic (exact) mass is 246 g/mol. The van der Waals surface area contributed by atoms with E-state index in [4.69, 9.17) is 4.42 Å². The first-order valence-electron chi connectivity index (χ1n) is 6.06. The highest BCUT2D eigenvalue weighted by atomic mass is 16.3. The van der Waals surface area contributed by atoms with Crippen LogP contribution in [-0.4, -0.2) is 25.5 Å². The van der Waals surface area contributed by atoms with Crippen molar-refractivity contribution in [2.24, 2.45) is 0 Å². The van der Waals surface area contributed by atoms with Crippen molar-refractivity contribution in [1.29, 1.82) is 0 Å². The summed E-state index contributed by atoms with van der Waals surface area (Å²) in [6.45, 7) is 4.55. The summed E-state index contributed by atoms with van der Waals surface area (Å²) in [7, 11) is 1.86. The first kappa shape index (κ1) is 12.6. The molecule has 0 aliphatic carbocycles. The highest BCUT2D eigenvalue weighted by Crippen LogP contribution is 2.22. The Morgan fingerprint density at radius 1 is 1.44 bits per heavy atom. The topological polar surface area (TPSA) is 54.3 Å². The summed E-state index contributed by atoms with van der Waals surface area (Å²) in [6.07, 6.45) is 0. The second-order valence-electron chi connectivity index (χ2n) is 4.50. The van der Waals surface area contributed by atoms with E-state index >= 15 is 0 Å². The third kappa shape index (κ3) is 2.54. The fourth-order valence-corrected chi connectivity index (χ4v) is 1.76. The molecule has 0 aliphatic rings. The number of carbonyl (C=O) groups is 1. The molecule has 0 bridgehead atoms. The molecule has 0 fully saturated rings. The van der Waals surface area contributed by atoms with Crippen molar-refractivity contribution in [3.8, 4) is 0 Å². The fraction of sp³-hybridized carbons (Fsp3) is 0.357. The molecule has 1 heterocycles. The molecule has 2 rings (SSSR count). The Kier molecular flexibility index (Phi) is 3.67. The zero-order valence-corrected chi connectivity index (χ0v) is 10.9. The average molecular weight is 246 g/mol. The number of fused-ring (bicyclic) bond motifs is 1. The Bertz CT molecular complexity index is 560. The van der Waals surface area contributed by atoms with Gasteiger partial charge in [0.15, 0.2) is 5.76 Å². The van der Waals surface area contributed by atoms with E-state index in [0.717, 1.165) is 16.5 Å². The van der Waals surface area contributed by atoms with Crippen LogP contribution >= 0.6 is 0 Å². The van der Waals surface area contributed by atoms with Gasteiger partial charge in [0.2, 0.25) is 0 Å². The first-order chi connectivity index (χ1) is 8.61. The molecule has 18 heavy (non-hydrogen) atoms. The van der Waals surface area contributed by atoms with Gasteiger partial charge in [0, 0.05) is 18.0 Å². The Morgan fingerprint density at radius 3 is 2.89 bits per heavy atom. The number of aryl methyl sites for hydroxylation is 1. The predicted octanol–water partition coefficient (Wildman–Crippen LogP) is 2.08. The largest absolute Gasteiger partial charge is 0.451 e. The SMILES string of the molecule is CNC(C)CNC(=O)c1cc2cccc(C)c2o1. The van der Waals surface area contributed by atoms with Gasteiger partial charge in [-0.2, -0.15) is 0 Å². The van der Waals surface area contributed by atoms with E-state index in [0.29, 0.717) is 12.3 Å². The maximum absolute atomic E-state index is 11.9. The van der Waals surface area contributed by atoms with E-state index in [9.17, 15) is 4.79 Å². The normalized spacial score (nSPS) is 12.6. The van der Waals surface area contributed by atoms with Crippen LogP contribution in [-0.2, 0) is 0 Å². The minimum atomic E-state index is -0.173. The van der Waals surface area contributed by atoms with Gasteiger partial charge in [-0.15, -0.1) is 0 Å². The lowest BCUT2D eigenvalue weighted by molar-refractivity contribution is 0.0925. The van der Waals surface area contributed by atoms with Gasteiger partial charge in [-0.3, -0.25) is 4.79 Å². The lowest BCUT2D eigenvalue weighted by atomic mass is 10.2. The van der Waals surface area contributed by atoms with Gasteiger partial charge in [0.1, 0.15) is 5.58 Å². The van der Waals surface area contributed by atoms with Crippen LogP contribution in [0.3, 0.4) is 0 Å². The van der Waals surface area contributed by atoms with Gasteiger partial charge in [0.25, 0.3) is 5.91 Å². The quantitative estimate of drug-likeness (QED) is 0.868. The number of rotatable bonds is 4. The van der Waals surface area contributed by atoms with Gasteiger partial charge in [-0.05, 0) is 32.5 Å². The molecule has 2 aromatic rings. The van der Waals surface area contributed by atoms with Crippen molar-refractivity contribution in [1.82, 2.24) is 10.6 Å². The molecule has 4 heteroatoms. The summed E-state index contributed by atoms with van der Waals surface area (Å²) in [5, 5.41) is 6.86. The Morgan fingerprint density at radius 2 is 2.22 bits per heavy atom. The van der Waals surface area contributed by atoms with Crippen LogP contribution in [0.2, 0.25) is 0 Å². The molecule has 0 aliphatic heterocycles. The summed E-state index contributed by atoms with van der Waals surface area (Å²) < 4.78 is 5.59. The van der Waals surface area contributed by atoms with E-state index in [1.54, 1.807) is 6.07 Å². The van der Waals surface area contributed by atoms with Crippen LogP contribution in [0.15, 0.2) is 28.7 Å². The molecule has 1 amide bonds. The number of para-hydroxylation sites is 1. The number of nitrogens with one attached hydrogen (secondary N) is 2. The molecule has 1 unspecified atom stereocenters. The van der Waals surface area contributed by atoms with Crippen molar-refractivity contribution in [3.63, 3.8) is 0 Å². The van der Waals surface area contributed by atoms with Crippen molar-refractivity contribution < 1.29 is 9.21 Å². The third-order valence-electron chi connectivity index (χ3n) is 3.03. The highest BCUT2D eigenvalue weighted by molar-refractivity contribution is 5.96. The van der Waals surface area contributed by atoms with Crippen molar-refractivity contribution in [2.45, 2.75) is 19.9 Å². The average Bonchev–Trinajstić information content (AvgIpc) is 2.81. The molecule has 1 aromatic heterocycles. The zero-order valence-electron chi connectivity index (χ0n) is 10.9. The summed E-state index contributed by atoms with van der Waals surface area (Å²) in [6, 6.07) is 7.88. The smallest absolute Gasteiger partial charge is 0.287 e. The number of likely N-dealkylation sites (N-methyl/N-ethyl adjacent to an activating group) is 1. The maximum atomic E-state index is 11.9. The molecule has 0 spiro atoms. The molecule has 1 atom stereocenters. The Hall–Kier alpha value is -1.81. The number of hydrogen-bond acceptors (Lipinski definition) is 3. The predicted molar refractivity (Wildman–Crippen MR) is 71.8 cm³/mol. The fourth-order valence-electron chi connectivity index (χ4n) is 1.76. The van der Waals surface area contributed by atoms with Crippen LogP contribution in [0.5, 0.6) is 0 Å². The highest BCUT2D eigenvalue weighted by Gasteiger charge is 2.13. The molecule has 4 nitrogen and oxygen atoms in total. The molecule has 0 radical (unpaired) electrons. The summed E-state index contributed by atoms with van der Waals surface area (Å²) >= 11 is 0. The standard InChI is InChI=1S/C14H18N2O2/c1-9-5-4-6-11-7-12(18-13(9)11)14(17)16-8-10(2)15-3/h4-7,10,15H,8H2,1-3H3,(H,16,17). The van der Waals surface area contributed by atoms with E-state index in [1.807, 2.05) is 39.1 Å². The molecular weight excluding hydrogens is 228 g/mol. The van der Waals surface area contributed by atoms with Gasteiger partial charge in [0.05, 0.1) is 0 Å². The van der Waals surface area contributed by atoms with E-state index in [1.165, 1.54) is 0 Å². The minimum absolute atomic E-state index is 0.173. The molecule has 2 N–H and O–H groups in total. The molecule has 1 aromatic carbocycles. The number of carbonyl (C=O) groups excluding carboxylic acids is 1. The van der Waals surface area contributed by atoms with Crippen molar-refractivity contribution in [3.05, 3.63) is 35.6 Å². The van der Waals surface area contributed by atoms with Crippen molar-refractivity contribution >= 4 is 16.9 Å². The lowest BCUT2D eigenvalue weighted by Gasteiger charge is -2.09. The Balaban J connectivity index is 2.16. The van der Waals surface area contributed by atoms with Crippen LogP contribution in [0, 0.1) is 6.92 Å². The minimum Gasteiger partial charge on any atom is -0.451 e. The Labute approximate surface area is 106 Å². The number of amides is 1. The van der Waals surface area contributed by atoms with Crippen LogP contribution in [0.4, 0.5) is 0 Å². The van der Waals surface area contributed by atoms with Gasteiger partial charge in [-0.25, -0.2) is 0 Å². The lowest BCUT2D eigenvalue weighted by Crippen LogP contribution is -2.36. The number of benzene rings is 1. The first-order valence-corrected chi connectivity index (χ1v) is 6.06. The number of hydrogen-bond donors (Lipinski definition) is 2. The summed E-state index contributed by atoms with van der Waals surface area (Å²) in [4.78, 5) is 11.9. The summed E-state index contributed by atoms with van der Waals surface area (Å²) in [5.41, 5.74) is 1.82. The van der Waals surface area contributed by atoms with Gasteiger partial charge >= 0.3 is 0 Å². The van der Waals surface area contributed by atoms with Crippen molar-refractivity contribution in [2.75, 3.05) is 13.6 Å². The zero-order chi connectivity index (χ0) is 13.1. The second kappa shape index (κ2) is 5.23. The van der Waals surface area contributed by atoms with Crippen LogP contribution in [0.25, 0.3) is 11.0 Å². The molecule has 96 valence electrons. The van der Waals surface area contributed by atoms with Crippen LogP contribution < -0.4 is 10.6 Å². The van der Waals surface area contributed by atoms with E-state index in [-0.39, 0.29) is 11.9 Å². The maximum Gasteiger partial charge on any atom is 0.287 e. The molecular formula is C14H18N2O2. The van der Waals surface area contributed by atoms with Gasteiger partial charge < -0.3 is 15.1 Å².